The number of fused-ring (bicyclic) bond motifs is 2. The van der Waals surface area contributed by atoms with Crippen LogP contribution in [0.3, 0.4) is 0 Å². The topological polar surface area (TPSA) is 58.1 Å². The normalized spacial score (nSPS) is 22.0. The van der Waals surface area contributed by atoms with Gasteiger partial charge in [-0.25, -0.2) is 9.97 Å². The van der Waals surface area contributed by atoms with Crippen LogP contribution in [0.25, 0.3) is 21.9 Å². The van der Waals surface area contributed by atoms with Gasteiger partial charge in [-0.2, -0.15) is 0 Å². The van der Waals surface area contributed by atoms with Crippen LogP contribution in [0.4, 0.5) is 5.82 Å². The summed E-state index contributed by atoms with van der Waals surface area (Å²) in [7, 11) is 0. The van der Waals surface area contributed by atoms with Crippen molar-refractivity contribution in [1.82, 2.24) is 15.3 Å². The molecule has 1 aromatic carbocycles. The van der Waals surface area contributed by atoms with Crippen LogP contribution >= 0.6 is 22.9 Å². The van der Waals surface area contributed by atoms with E-state index in [4.69, 9.17) is 16.6 Å². The molecule has 30 heavy (non-hydrogen) atoms. The van der Waals surface area contributed by atoms with Crippen molar-refractivity contribution in [2.24, 2.45) is 0 Å². The third kappa shape index (κ3) is 3.53. The number of para-hydroxylation sites is 1. The van der Waals surface area contributed by atoms with Gasteiger partial charge >= 0.3 is 0 Å². The zero-order valence-corrected chi connectivity index (χ0v) is 18.6. The molecule has 0 bridgehead atoms. The summed E-state index contributed by atoms with van der Waals surface area (Å²) in [6.45, 7) is 6.29. The SMILES string of the molecule is C[C@@H]1CN[C@@H](C)CN1c1ccc2c(n1)CCC(=O)C(c1nc3c(Cl)cccc3s1)=C2. The number of aromatic nitrogens is 2. The monoisotopic (exact) mass is 438 g/mol. The van der Waals surface area contributed by atoms with Gasteiger partial charge in [-0.1, -0.05) is 17.7 Å². The minimum Gasteiger partial charge on any atom is -0.351 e. The van der Waals surface area contributed by atoms with Crippen molar-refractivity contribution in [1.29, 1.82) is 0 Å². The Hall–Kier alpha value is -2.28. The Morgan fingerprint density at radius 1 is 1.17 bits per heavy atom. The molecule has 0 unspecified atom stereocenters. The summed E-state index contributed by atoms with van der Waals surface area (Å²) >= 11 is 7.80. The van der Waals surface area contributed by atoms with Gasteiger partial charge in [0, 0.05) is 31.6 Å². The Labute approximate surface area is 184 Å². The molecule has 3 aromatic rings. The Kier molecular flexibility index (Phi) is 5.09. The van der Waals surface area contributed by atoms with Crippen LogP contribution < -0.4 is 10.2 Å². The lowest BCUT2D eigenvalue weighted by Crippen LogP contribution is -2.54. The molecule has 2 aliphatic rings. The van der Waals surface area contributed by atoms with Crippen molar-refractivity contribution >= 4 is 56.4 Å². The number of ketones is 1. The summed E-state index contributed by atoms with van der Waals surface area (Å²) in [6.07, 6.45) is 3.03. The van der Waals surface area contributed by atoms with E-state index in [-0.39, 0.29) is 5.78 Å². The molecule has 5 rings (SSSR count). The van der Waals surface area contributed by atoms with E-state index in [1.165, 1.54) is 11.3 Å². The summed E-state index contributed by atoms with van der Waals surface area (Å²) in [6, 6.07) is 10.7. The van der Waals surface area contributed by atoms with Gasteiger partial charge in [-0.05, 0) is 56.2 Å². The molecular formula is C23H23ClN4OS. The first-order valence-electron chi connectivity index (χ1n) is 10.3. The molecule has 0 spiro atoms. The average molecular weight is 439 g/mol. The molecule has 5 nitrogen and oxygen atoms in total. The molecule has 0 saturated carbocycles. The van der Waals surface area contributed by atoms with Gasteiger partial charge in [0.15, 0.2) is 5.78 Å². The molecule has 1 N–H and O–H groups in total. The first-order valence-corrected chi connectivity index (χ1v) is 11.5. The summed E-state index contributed by atoms with van der Waals surface area (Å²) < 4.78 is 0.992. The number of allylic oxidation sites excluding steroid dienone is 1. The molecule has 0 amide bonds. The van der Waals surface area contributed by atoms with Gasteiger partial charge in [-0.15, -0.1) is 11.3 Å². The van der Waals surface area contributed by atoms with Crippen molar-refractivity contribution in [2.75, 3.05) is 18.0 Å². The highest BCUT2D eigenvalue weighted by molar-refractivity contribution is 7.20. The predicted molar refractivity (Wildman–Crippen MR) is 124 cm³/mol. The number of carbonyl (C=O) groups is 1. The molecular weight excluding hydrogens is 416 g/mol. The number of benzene rings is 1. The second kappa shape index (κ2) is 7.76. The van der Waals surface area contributed by atoms with Crippen molar-refractivity contribution in [3.63, 3.8) is 0 Å². The first-order chi connectivity index (χ1) is 14.5. The highest BCUT2D eigenvalue weighted by atomic mass is 35.5. The third-order valence-electron chi connectivity index (χ3n) is 5.84. The smallest absolute Gasteiger partial charge is 0.166 e. The van der Waals surface area contributed by atoms with Crippen molar-refractivity contribution in [3.8, 4) is 0 Å². The zero-order chi connectivity index (χ0) is 20.8. The van der Waals surface area contributed by atoms with E-state index in [1.54, 1.807) is 0 Å². The van der Waals surface area contributed by atoms with E-state index in [0.29, 0.717) is 35.5 Å². The number of hydrogen-bond donors (Lipinski definition) is 1. The van der Waals surface area contributed by atoms with Crippen LogP contribution in [0.2, 0.25) is 5.02 Å². The molecule has 154 valence electrons. The van der Waals surface area contributed by atoms with Gasteiger partial charge in [0.2, 0.25) is 0 Å². The fourth-order valence-corrected chi connectivity index (χ4v) is 5.45. The van der Waals surface area contributed by atoms with Gasteiger partial charge < -0.3 is 10.2 Å². The summed E-state index contributed by atoms with van der Waals surface area (Å²) in [4.78, 5) is 24.9. The van der Waals surface area contributed by atoms with E-state index >= 15 is 0 Å². The van der Waals surface area contributed by atoms with E-state index in [1.807, 2.05) is 24.3 Å². The molecule has 0 radical (unpaired) electrons. The molecule has 1 aliphatic heterocycles. The molecule has 2 atom stereocenters. The molecule has 2 aromatic heterocycles. The lowest BCUT2D eigenvalue weighted by molar-refractivity contribution is -0.113. The number of nitrogens with one attached hydrogen (secondary N) is 1. The summed E-state index contributed by atoms with van der Waals surface area (Å²) in [5, 5.41) is 4.85. The van der Waals surface area contributed by atoms with Crippen LogP contribution in [-0.4, -0.2) is 40.9 Å². The van der Waals surface area contributed by atoms with Crippen LogP contribution in [0.5, 0.6) is 0 Å². The van der Waals surface area contributed by atoms with Gasteiger partial charge in [0.25, 0.3) is 0 Å². The number of Topliss-reactive ketones (excluding diaryl/α,β-unsaturated/α-hetero) is 1. The van der Waals surface area contributed by atoms with Crippen LogP contribution in [0.15, 0.2) is 30.3 Å². The van der Waals surface area contributed by atoms with E-state index in [0.717, 1.165) is 45.4 Å². The number of thiazole rings is 1. The van der Waals surface area contributed by atoms with Gasteiger partial charge in [0.1, 0.15) is 16.3 Å². The number of rotatable bonds is 2. The standard InChI is InChI=1S/C23H23ClN4OS/c1-13-12-28(14(2)11-25-13)21-9-6-15-10-16(19(29)8-7-18(15)26-21)23-27-22-17(24)4-3-5-20(22)30-23/h3-6,9-10,13-14,25H,7-8,11-12H2,1-2H3/t13-,14+/m0/s1. The van der Waals surface area contributed by atoms with Crippen molar-refractivity contribution in [2.45, 2.75) is 38.8 Å². The number of pyridine rings is 1. The lowest BCUT2D eigenvalue weighted by atomic mass is 10.1. The number of piperazine rings is 1. The zero-order valence-electron chi connectivity index (χ0n) is 17.0. The first kappa shape index (κ1) is 19.7. The Morgan fingerprint density at radius 3 is 2.87 bits per heavy atom. The number of carbonyl (C=O) groups excluding carboxylic acids is 1. The van der Waals surface area contributed by atoms with Crippen LogP contribution in [0.1, 0.15) is 36.5 Å². The fraction of sp³-hybridized carbons (Fsp3) is 0.348. The number of hydrogen-bond acceptors (Lipinski definition) is 6. The number of anilines is 1. The van der Waals surface area contributed by atoms with Gasteiger partial charge in [0.05, 0.1) is 21.0 Å². The Bertz CT molecular complexity index is 1170. The predicted octanol–water partition coefficient (Wildman–Crippen LogP) is 4.59. The average Bonchev–Trinajstić information content (AvgIpc) is 3.10. The number of nitrogens with zero attached hydrogens (tertiary/aromatic N) is 3. The lowest BCUT2D eigenvalue weighted by Gasteiger charge is -2.38. The van der Waals surface area contributed by atoms with E-state index in [2.05, 4.69) is 41.2 Å². The maximum absolute atomic E-state index is 12.9. The van der Waals surface area contributed by atoms with Crippen molar-refractivity contribution < 1.29 is 4.79 Å². The minimum atomic E-state index is 0.105. The maximum Gasteiger partial charge on any atom is 0.166 e. The second-order valence-electron chi connectivity index (χ2n) is 8.10. The maximum atomic E-state index is 12.9. The highest BCUT2D eigenvalue weighted by Gasteiger charge is 2.26. The fourth-order valence-electron chi connectivity index (χ4n) is 4.15. The summed E-state index contributed by atoms with van der Waals surface area (Å²) in [5.41, 5.74) is 3.39. The van der Waals surface area contributed by atoms with Crippen LogP contribution in [0, 0.1) is 0 Å². The second-order valence-corrected chi connectivity index (χ2v) is 9.54. The van der Waals surface area contributed by atoms with Crippen LogP contribution in [-0.2, 0) is 11.2 Å². The Balaban J connectivity index is 1.53. The quantitative estimate of drug-likeness (QED) is 0.634. The van der Waals surface area contributed by atoms with E-state index in [9.17, 15) is 4.79 Å². The molecule has 3 heterocycles. The number of halogens is 1. The van der Waals surface area contributed by atoms with Gasteiger partial charge in [-0.3, -0.25) is 4.79 Å². The minimum absolute atomic E-state index is 0.105. The van der Waals surface area contributed by atoms with Crippen molar-refractivity contribution in [3.05, 3.63) is 51.6 Å². The highest BCUT2D eigenvalue weighted by Crippen LogP contribution is 2.35. The number of aryl methyl sites for hydroxylation is 1. The molecule has 7 heteroatoms. The molecule has 1 saturated heterocycles. The molecule has 1 fully saturated rings. The van der Waals surface area contributed by atoms with E-state index < -0.39 is 0 Å². The Morgan fingerprint density at radius 2 is 2.03 bits per heavy atom. The molecule has 1 aliphatic carbocycles. The largest absolute Gasteiger partial charge is 0.351 e. The summed E-state index contributed by atoms with van der Waals surface area (Å²) in [5.74, 6) is 1.10. The third-order valence-corrected chi connectivity index (χ3v) is 7.20.